The molecule has 2 aliphatic carbocycles. The molecule has 136 valence electrons. The van der Waals surface area contributed by atoms with Crippen molar-refractivity contribution in [3.05, 3.63) is 59.3 Å². The minimum absolute atomic E-state index is 0.637. The zero-order valence-electron chi connectivity index (χ0n) is 15.1. The third kappa shape index (κ3) is 4.21. The van der Waals surface area contributed by atoms with Crippen molar-refractivity contribution in [3.63, 3.8) is 0 Å². The molecule has 1 aromatic carbocycles. The number of nitrogens with zero attached hydrogens (tertiary/aromatic N) is 1. The van der Waals surface area contributed by atoms with Crippen LogP contribution in [0.5, 0.6) is 0 Å². The lowest BCUT2D eigenvalue weighted by Gasteiger charge is -2.17. The van der Waals surface area contributed by atoms with E-state index < -0.39 is 0 Å². The molecule has 0 unspecified atom stereocenters. The van der Waals surface area contributed by atoms with Crippen molar-refractivity contribution in [1.82, 2.24) is 10.3 Å². The van der Waals surface area contributed by atoms with Gasteiger partial charge in [0.25, 0.3) is 0 Å². The Labute approximate surface area is 160 Å². The second-order valence-corrected chi connectivity index (χ2v) is 8.01. The van der Waals surface area contributed by atoms with Crippen molar-refractivity contribution in [3.8, 4) is 0 Å². The van der Waals surface area contributed by atoms with Crippen molar-refractivity contribution in [2.75, 3.05) is 11.9 Å². The van der Waals surface area contributed by atoms with E-state index in [1.165, 1.54) is 49.7 Å². The number of hydrogen-bond acceptors (Lipinski definition) is 3. The van der Waals surface area contributed by atoms with Gasteiger partial charge < -0.3 is 10.6 Å². The van der Waals surface area contributed by atoms with Crippen LogP contribution in [-0.2, 0) is 0 Å². The molecule has 0 saturated heterocycles. The van der Waals surface area contributed by atoms with E-state index in [0.29, 0.717) is 5.92 Å². The van der Waals surface area contributed by atoms with E-state index >= 15 is 0 Å². The zero-order valence-corrected chi connectivity index (χ0v) is 15.9. The molecule has 0 atom stereocenters. The number of aromatic nitrogens is 1. The van der Waals surface area contributed by atoms with Crippen LogP contribution in [0.4, 0.5) is 11.5 Å². The molecule has 3 nitrogen and oxygen atoms in total. The summed E-state index contributed by atoms with van der Waals surface area (Å²) >= 11 is 6.08. The Morgan fingerprint density at radius 2 is 1.96 bits per heavy atom. The van der Waals surface area contributed by atoms with E-state index in [9.17, 15) is 0 Å². The van der Waals surface area contributed by atoms with Gasteiger partial charge in [-0.15, -0.1) is 0 Å². The normalized spacial score (nSPS) is 17.3. The molecule has 0 radical (unpaired) electrons. The molecule has 1 aromatic heterocycles. The summed E-state index contributed by atoms with van der Waals surface area (Å²) in [4.78, 5) is 4.62. The molecule has 0 aliphatic heterocycles. The molecule has 0 amide bonds. The van der Waals surface area contributed by atoms with Gasteiger partial charge >= 0.3 is 0 Å². The third-order valence-corrected chi connectivity index (χ3v) is 5.69. The van der Waals surface area contributed by atoms with Gasteiger partial charge in [0.1, 0.15) is 5.82 Å². The van der Waals surface area contributed by atoms with Crippen LogP contribution in [0.3, 0.4) is 0 Å². The first-order chi connectivity index (χ1) is 12.7. The Kier molecular flexibility index (Phi) is 5.16. The average molecular weight is 368 g/mol. The van der Waals surface area contributed by atoms with Gasteiger partial charge in [0.2, 0.25) is 0 Å². The Balaban J connectivity index is 1.49. The Bertz CT molecular complexity index is 792. The maximum absolute atomic E-state index is 6.08. The highest BCUT2D eigenvalue weighted by atomic mass is 35.5. The van der Waals surface area contributed by atoms with Crippen LogP contribution in [0.2, 0.25) is 5.02 Å². The molecule has 2 aromatic rings. The minimum atomic E-state index is 0.637. The summed E-state index contributed by atoms with van der Waals surface area (Å²) in [5.74, 6) is 2.30. The molecule has 2 fully saturated rings. The monoisotopic (exact) mass is 367 g/mol. The van der Waals surface area contributed by atoms with E-state index in [-0.39, 0.29) is 0 Å². The fourth-order valence-electron chi connectivity index (χ4n) is 3.81. The maximum Gasteiger partial charge on any atom is 0.130 e. The maximum atomic E-state index is 6.08. The lowest BCUT2D eigenvalue weighted by atomic mass is 10.0. The van der Waals surface area contributed by atoms with Crippen molar-refractivity contribution in [1.29, 1.82) is 0 Å². The third-order valence-electron chi connectivity index (χ3n) is 5.45. The van der Waals surface area contributed by atoms with E-state index in [4.69, 9.17) is 11.6 Å². The highest BCUT2D eigenvalue weighted by Crippen LogP contribution is 2.43. The van der Waals surface area contributed by atoms with Gasteiger partial charge in [-0.1, -0.05) is 37.1 Å². The fraction of sp³-hybridized carbons (Fsp3) is 0.409. The SMILES string of the molecule is C=C(NCC1CCCC1)c1cnc(Nc2cccc(Cl)c2)cc1C1CC1. The molecule has 2 aliphatic rings. The van der Waals surface area contributed by atoms with E-state index in [2.05, 4.69) is 28.3 Å². The lowest BCUT2D eigenvalue weighted by molar-refractivity contribution is 0.531. The van der Waals surface area contributed by atoms with E-state index in [0.717, 1.165) is 34.7 Å². The van der Waals surface area contributed by atoms with Crippen molar-refractivity contribution in [2.24, 2.45) is 5.92 Å². The molecule has 0 bridgehead atoms. The number of benzene rings is 1. The zero-order chi connectivity index (χ0) is 17.9. The first-order valence-corrected chi connectivity index (χ1v) is 10.0. The first kappa shape index (κ1) is 17.4. The van der Waals surface area contributed by atoms with Gasteiger partial charge in [-0.3, -0.25) is 0 Å². The predicted molar refractivity (Wildman–Crippen MR) is 110 cm³/mol. The largest absolute Gasteiger partial charge is 0.385 e. The smallest absolute Gasteiger partial charge is 0.130 e. The van der Waals surface area contributed by atoms with Gasteiger partial charge in [0, 0.05) is 34.7 Å². The van der Waals surface area contributed by atoms with Gasteiger partial charge in [0.15, 0.2) is 0 Å². The molecule has 4 heteroatoms. The van der Waals surface area contributed by atoms with Gasteiger partial charge in [-0.2, -0.15) is 0 Å². The van der Waals surface area contributed by atoms with Crippen LogP contribution in [-0.4, -0.2) is 11.5 Å². The second-order valence-electron chi connectivity index (χ2n) is 7.58. The number of hydrogen-bond donors (Lipinski definition) is 2. The fourth-order valence-corrected chi connectivity index (χ4v) is 4.01. The summed E-state index contributed by atoms with van der Waals surface area (Å²) in [7, 11) is 0. The predicted octanol–water partition coefficient (Wildman–Crippen LogP) is 6.11. The van der Waals surface area contributed by atoms with Gasteiger partial charge in [0.05, 0.1) is 0 Å². The lowest BCUT2D eigenvalue weighted by Crippen LogP contribution is -2.20. The summed E-state index contributed by atoms with van der Waals surface area (Å²) in [6.07, 6.45) is 9.90. The molecule has 0 spiro atoms. The molecule has 1 heterocycles. The van der Waals surface area contributed by atoms with Gasteiger partial charge in [-0.25, -0.2) is 4.98 Å². The molecule has 26 heavy (non-hydrogen) atoms. The quantitative estimate of drug-likeness (QED) is 0.620. The Morgan fingerprint density at radius 3 is 2.69 bits per heavy atom. The van der Waals surface area contributed by atoms with E-state index in [1.54, 1.807) is 0 Å². The van der Waals surface area contributed by atoms with Crippen molar-refractivity contribution >= 4 is 28.8 Å². The van der Waals surface area contributed by atoms with Crippen LogP contribution >= 0.6 is 11.6 Å². The summed E-state index contributed by atoms with van der Waals surface area (Å²) in [6, 6.07) is 9.90. The molecule has 4 rings (SSSR count). The van der Waals surface area contributed by atoms with Crippen LogP contribution in [0.15, 0.2) is 43.1 Å². The molecule has 2 saturated carbocycles. The Morgan fingerprint density at radius 1 is 1.15 bits per heavy atom. The minimum Gasteiger partial charge on any atom is -0.385 e. The summed E-state index contributed by atoms with van der Waals surface area (Å²) in [6.45, 7) is 5.33. The van der Waals surface area contributed by atoms with Crippen molar-refractivity contribution in [2.45, 2.75) is 44.4 Å². The summed E-state index contributed by atoms with van der Waals surface area (Å²) in [5, 5.41) is 7.65. The van der Waals surface area contributed by atoms with Crippen molar-refractivity contribution < 1.29 is 0 Å². The number of anilines is 2. The highest BCUT2D eigenvalue weighted by Gasteiger charge is 2.27. The number of rotatable bonds is 7. The Hall–Kier alpha value is -2.00. The molecular weight excluding hydrogens is 342 g/mol. The average Bonchev–Trinajstić information content (AvgIpc) is 3.35. The standard InChI is InChI=1S/C22H26ClN3/c1-15(24-13-16-5-2-3-6-16)21-14-25-22(12-20(21)17-9-10-17)26-19-8-4-7-18(23)11-19/h4,7-8,11-12,14,16-17,24H,1-3,5-6,9-10,13H2,(H,25,26). The summed E-state index contributed by atoms with van der Waals surface area (Å²) < 4.78 is 0. The van der Waals surface area contributed by atoms with Crippen LogP contribution in [0, 0.1) is 5.92 Å². The number of pyridine rings is 1. The van der Waals surface area contributed by atoms with Crippen LogP contribution in [0.25, 0.3) is 5.70 Å². The number of halogens is 1. The highest BCUT2D eigenvalue weighted by molar-refractivity contribution is 6.30. The second kappa shape index (κ2) is 7.71. The molecular formula is C22H26ClN3. The first-order valence-electron chi connectivity index (χ1n) is 9.65. The van der Waals surface area contributed by atoms with Crippen LogP contribution < -0.4 is 10.6 Å². The van der Waals surface area contributed by atoms with E-state index in [1.807, 2.05) is 30.5 Å². The topological polar surface area (TPSA) is 37.0 Å². The van der Waals surface area contributed by atoms with Crippen LogP contribution in [0.1, 0.15) is 55.6 Å². The number of nitrogens with one attached hydrogen (secondary N) is 2. The van der Waals surface area contributed by atoms with Gasteiger partial charge in [-0.05, 0) is 67.3 Å². The molecule has 2 N–H and O–H groups in total. The summed E-state index contributed by atoms with van der Waals surface area (Å²) in [5.41, 5.74) is 4.49.